The minimum Gasteiger partial charge on any atom is -0.316 e. The van der Waals surface area contributed by atoms with Crippen LogP contribution < -0.4 is 5.32 Å². The molecule has 0 aliphatic carbocycles. The van der Waals surface area contributed by atoms with Crippen molar-refractivity contribution in [2.45, 2.75) is 39.7 Å². The number of nitrogens with one attached hydrogen (secondary N) is 1. The number of benzene rings is 1. The molecule has 2 aliphatic heterocycles. The molecule has 0 spiro atoms. The van der Waals surface area contributed by atoms with Gasteiger partial charge in [0.1, 0.15) is 0 Å². The lowest BCUT2D eigenvalue weighted by Crippen LogP contribution is -2.47. The van der Waals surface area contributed by atoms with Crippen LogP contribution in [0.2, 0.25) is 0 Å². The predicted molar refractivity (Wildman–Crippen MR) is 81.5 cm³/mol. The van der Waals surface area contributed by atoms with Crippen LogP contribution in [0.25, 0.3) is 0 Å². The molecular weight excluding hydrogens is 264 g/mol. The summed E-state index contributed by atoms with van der Waals surface area (Å²) in [6, 6.07) is 3.80. The first kappa shape index (κ1) is 14.3. The Labute approximate surface area is 125 Å². The van der Waals surface area contributed by atoms with Gasteiger partial charge in [-0.2, -0.15) is 0 Å². The molecule has 0 radical (unpaired) electrons. The summed E-state index contributed by atoms with van der Waals surface area (Å²) in [6.45, 7) is 7.72. The van der Waals surface area contributed by atoms with Crippen LogP contribution in [-0.4, -0.2) is 35.8 Å². The van der Waals surface area contributed by atoms with Gasteiger partial charge in [0.05, 0.1) is 11.1 Å². The largest absolute Gasteiger partial charge is 0.316 e. The van der Waals surface area contributed by atoms with Crippen molar-refractivity contribution in [3.8, 4) is 0 Å². The van der Waals surface area contributed by atoms with Crippen LogP contribution in [0.5, 0.6) is 0 Å². The molecule has 3 rings (SSSR count). The normalized spacial score (nSPS) is 23.4. The number of fused-ring (bicyclic) bond motifs is 1. The Hall–Kier alpha value is -1.68. The molecule has 0 aromatic heterocycles. The molecule has 1 aromatic rings. The van der Waals surface area contributed by atoms with Crippen LogP contribution in [0.3, 0.4) is 0 Å². The van der Waals surface area contributed by atoms with Crippen molar-refractivity contribution in [3.05, 3.63) is 34.4 Å². The van der Waals surface area contributed by atoms with Gasteiger partial charge in [-0.05, 0) is 63.7 Å². The van der Waals surface area contributed by atoms with Crippen LogP contribution in [0.4, 0.5) is 0 Å². The first-order valence-corrected chi connectivity index (χ1v) is 7.71. The first-order valence-electron chi connectivity index (χ1n) is 7.71. The molecule has 2 unspecified atom stereocenters. The lowest BCUT2D eigenvalue weighted by Gasteiger charge is -2.33. The highest BCUT2D eigenvalue weighted by molar-refractivity contribution is 6.22. The zero-order valence-corrected chi connectivity index (χ0v) is 12.9. The van der Waals surface area contributed by atoms with E-state index in [0.29, 0.717) is 17.0 Å². The van der Waals surface area contributed by atoms with Gasteiger partial charge in [-0.1, -0.05) is 12.1 Å². The van der Waals surface area contributed by atoms with Gasteiger partial charge in [0.15, 0.2) is 0 Å². The second-order valence-electron chi connectivity index (χ2n) is 6.28. The molecule has 4 nitrogen and oxygen atoms in total. The van der Waals surface area contributed by atoms with Crippen molar-refractivity contribution in [1.82, 2.24) is 10.2 Å². The van der Waals surface area contributed by atoms with Crippen molar-refractivity contribution >= 4 is 11.8 Å². The number of rotatable bonds is 2. The van der Waals surface area contributed by atoms with E-state index in [9.17, 15) is 9.59 Å². The van der Waals surface area contributed by atoms with Crippen molar-refractivity contribution in [3.63, 3.8) is 0 Å². The van der Waals surface area contributed by atoms with Crippen molar-refractivity contribution in [1.29, 1.82) is 0 Å². The number of piperidine rings is 1. The number of carbonyl (C=O) groups is 2. The van der Waals surface area contributed by atoms with Crippen LogP contribution in [0.1, 0.15) is 51.6 Å². The number of imide groups is 1. The Morgan fingerprint density at radius 2 is 1.71 bits per heavy atom. The van der Waals surface area contributed by atoms with Gasteiger partial charge in [-0.3, -0.25) is 14.5 Å². The van der Waals surface area contributed by atoms with Crippen LogP contribution >= 0.6 is 0 Å². The molecule has 2 atom stereocenters. The molecule has 2 heterocycles. The van der Waals surface area contributed by atoms with Gasteiger partial charge in [-0.15, -0.1) is 0 Å². The molecule has 0 bridgehead atoms. The van der Waals surface area contributed by atoms with Crippen LogP contribution in [0, 0.1) is 19.8 Å². The van der Waals surface area contributed by atoms with Crippen LogP contribution in [-0.2, 0) is 0 Å². The maximum Gasteiger partial charge on any atom is 0.262 e. The van der Waals surface area contributed by atoms with Crippen molar-refractivity contribution < 1.29 is 9.59 Å². The van der Waals surface area contributed by atoms with E-state index in [2.05, 4.69) is 5.32 Å². The highest BCUT2D eigenvalue weighted by Crippen LogP contribution is 2.32. The summed E-state index contributed by atoms with van der Waals surface area (Å²) >= 11 is 0. The van der Waals surface area contributed by atoms with E-state index < -0.39 is 0 Å². The lowest BCUT2D eigenvalue weighted by atomic mass is 9.92. The van der Waals surface area contributed by atoms with Crippen molar-refractivity contribution in [2.24, 2.45) is 5.92 Å². The van der Waals surface area contributed by atoms with Gasteiger partial charge >= 0.3 is 0 Å². The standard InChI is InChI=1S/C17H22N2O2/c1-10-6-7-11(2)15-14(10)16(20)19(17(15)21)12(3)13-5-4-8-18-9-13/h6-7,12-13,18H,4-5,8-9H2,1-3H3. The van der Waals surface area contributed by atoms with Gasteiger partial charge < -0.3 is 5.32 Å². The molecule has 1 fully saturated rings. The predicted octanol–water partition coefficient (Wildman–Crippen LogP) is 2.29. The van der Waals surface area contributed by atoms with E-state index in [1.807, 2.05) is 32.9 Å². The second kappa shape index (κ2) is 5.26. The Balaban J connectivity index is 1.96. The second-order valence-corrected chi connectivity index (χ2v) is 6.28. The summed E-state index contributed by atoms with van der Waals surface area (Å²) in [4.78, 5) is 27.0. The summed E-state index contributed by atoms with van der Waals surface area (Å²) < 4.78 is 0. The fourth-order valence-corrected chi connectivity index (χ4v) is 3.57. The lowest BCUT2D eigenvalue weighted by molar-refractivity contribution is 0.0529. The SMILES string of the molecule is Cc1ccc(C)c2c1C(=O)N(C(C)C1CCCNC1)C2=O. The van der Waals surface area contributed by atoms with E-state index in [1.165, 1.54) is 4.90 Å². The quantitative estimate of drug-likeness (QED) is 0.849. The van der Waals surface area contributed by atoms with E-state index in [4.69, 9.17) is 0 Å². The number of hydrogen-bond acceptors (Lipinski definition) is 3. The Morgan fingerprint density at radius 3 is 2.19 bits per heavy atom. The smallest absolute Gasteiger partial charge is 0.262 e. The molecule has 1 saturated heterocycles. The number of nitrogens with zero attached hydrogens (tertiary/aromatic N) is 1. The summed E-state index contributed by atoms with van der Waals surface area (Å²) in [5.74, 6) is 0.116. The minimum absolute atomic E-state index is 0.0519. The zero-order valence-electron chi connectivity index (χ0n) is 12.9. The molecule has 2 aliphatic rings. The molecule has 1 aromatic carbocycles. The minimum atomic E-state index is -0.116. The molecular formula is C17H22N2O2. The van der Waals surface area contributed by atoms with E-state index >= 15 is 0 Å². The van der Waals surface area contributed by atoms with Crippen molar-refractivity contribution in [2.75, 3.05) is 13.1 Å². The number of carbonyl (C=O) groups excluding carboxylic acids is 2. The fraction of sp³-hybridized carbons (Fsp3) is 0.529. The monoisotopic (exact) mass is 286 g/mol. The number of hydrogen-bond donors (Lipinski definition) is 1. The summed E-state index contributed by atoms with van der Waals surface area (Å²) in [6.07, 6.45) is 2.18. The molecule has 21 heavy (non-hydrogen) atoms. The molecule has 1 N–H and O–H groups in total. The molecule has 4 heteroatoms. The Morgan fingerprint density at radius 1 is 1.14 bits per heavy atom. The molecule has 2 amide bonds. The average molecular weight is 286 g/mol. The van der Waals surface area contributed by atoms with Gasteiger partial charge in [0.2, 0.25) is 0 Å². The third-order valence-corrected chi connectivity index (χ3v) is 4.91. The summed E-state index contributed by atoms with van der Waals surface area (Å²) in [5.41, 5.74) is 3.00. The van der Waals surface area contributed by atoms with Crippen LogP contribution in [0.15, 0.2) is 12.1 Å². The third-order valence-electron chi connectivity index (χ3n) is 4.91. The Bertz CT molecular complexity index is 562. The van der Waals surface area contributed by atoms with Gasteiger partial charge in [0.25, 0.3) is 11.8 Å². The molecule has 0 saturated carbocycles. The summed E-state index contributed by atoms with van der Waals surface area (Å²) in [7, 11) is 0. The Kier molecular flexibility index (Phi) is 3.57. The number of aryl methyl sites for hydroxylation is 2. The highest BCUT2D eigenvalue weighted by atomic mass is 16.2. The maximum absolute atomic E-state index is 12.7. The highest BCUT2D eigenvalue weighted by Gasteiger charge is 2.42. The third kappa shape index (κ3) is 2.18. The zero-order chi connectivity index (χ0) is 15.1. The van der Waals surface area contributed by atoms with E-state index in [-0.39, 0.29) is 17.9 Å². The number of amides is 2. The van der Waals surface area contributed by atoms with E-state index in [1.54, 1.807) is 0 Å². The fourth-order valence-electron chi connectivity index (χ4n) is 3.57. The van der Waals surface area contributed by atoms with Gasteiger partial charge in [-0.25, -0.2) is 0 Å². The topological polar surface area (TPSA) is 49.4 Å². The molecule has 112 valence electrons. The average Bonchev–Trinajstić information content (AvgIpc) is 2.76. The van der Waals surface area contributed by atoms with Gasteiger partial charge in [0, 0.05) is 6.04 Å². The summed E-state index contributed by atoms with van der Waals surface area (Å²) in [5, 5.41) is 3.36. The maximum atomic E-state index is 12.7. The van der Waals surface area contributed by atoms with E-state index in [0.717, 1.165) is 37.1 Å². The first-order chi connectivity index (χ1) is 10.0.